The first-order chi connectivity index (χ1) is 5.29. The Labute approximate surface area is 63.3 Å². The van der Waals surface area contributed by atoms with Crippen molar-refractivity contribution in [2.75, 3.05) is 0 Å². The van der Waals surface area contributed by atoms with Gasteiger partial charge in [0.15, 0.2) is 5.82 Å². The Kier molecular flexibility index (Phi) is 1.18. The highest BCUT2D eigenvalue weighted by Crippen LogP contribution is 2.11. The van der Waals surface area contributed by atoms with E-state index in [1.807, 2.05) is 6.07 Å². The summed E-state index contributed by atoms with van der Waals surface area (Å²) in [7, 11) is 0. The van der Waals surface area contributed by atoms with Gasteiger partial charge >= 0.3 is 0 Å². The molecule has 11 heavy (non-hydrogen) atoms. The van der Waals surface area contributed by atoms with E-state index in [1.165, 1.54) is 4.52 Å². The van der Waals surface area contributed by atoms with Crippen molar-refractivity contribution in [2.45, 2.75) is 6.92 Å². The van der Waals surface area contributed by atoms with E-state index in [9.17, 15) is 4.39 Å². The maximum absolute atomic E-state index is 13.1. The molecule has 0 radical (unpaired) electrons. The van der Waals surface area contributed by atoms with Crippen LogP contribution in [0.2, 0.25) is 0 Å². The quantitative estimate of drug-likeness (QED) is 0.559. The van der Waals surface area contributed by atoms with Crippen molar-refractivity contribution >= 4 is 5.52 Å². The lowest BCUT2D eigenvalue weighted by Crippen LogP contribution is -1.83. The van der Waals surface area contributed by atoms with Gasteiger partial charge in [-0.2, -0.15) is 5.10 Å². The van der Waals surface area contributed by atoms with Crippen LogP contribution in [0.4, 0.5) is 4.39 Å². The van der Waals surface area contributed by atoms with E-state index in [1.54, 1.807) is 25.3 Å². The van der Waals surface area contributed by atoms with Gasteiger partial charge in [-0.15, -0.1) is 0 Å². The molecule has 0 aromatic carbocycles. The van der Waals surface area contributed by atoms with Crippen LogP contribution in [0, 0.1) is 12.7 Å². The summed E-state index contributed by atoms with van der Waals surface area (Å²) in [5.41, 5.74) is 0.973. The molecule has 0 aliphatic heterocycles. The zero-order valence-corrected chi connectivity index (χ0v) is 6.08. The molecule has 0 bridgehead atoms. The van der Waals surface area contributed by atoms with E-state index in [4.69, 9.17) is 0 Å². The zero-order valence-electron chi connectivity index (χ0n) is 6.08. The lowest BCUT2D eigenvalue weighted by atomic mass is 10.3. The second kappa shape index (κ2) is 2.05. The third-order valence-electron chi connectivity index (χ3n) is 1.64. The number of aromatic nitrogens is 2. The van der Waals surface area contributed by atoms with Crippen LogP contribution in [0.25, 0.3) is 5.52 Å². The molecule has 56 valence electrons. The Balaban J connectivity index is 2.92. The Morgan fingerprint density at radius 3 is 3.00 bits per heavy atom. The predicted octanol–water partition coefficient (Wildman–Crippen LogP) is 1.78. The van der Waals surface area contributed by atoms with E-state index < -0.39 is 0 Å². The summed E-state index contributed by atoms with van der Waals surface area (Å²) in [5.74, 6) is -0.231. The fraction of sp³-hybridized carbons (Fsp3) is 0.125. The van der Waals surface area contributed by atoms with Crippen LogP contribution in [0.3, 0.4) is 0 Å². The molecule has 0 aliphatic rings. The van der Waals surface area contributed by atoms with Crippen molar-refractivity contribution in [1.29, 1.82) is 0 Å². The number of pyridine rings is 1. The second-order valence-corrected chi connectivity index (χ2v) is 2.43. The molecule has 0 atom stereocenters. The normalized spacial score (nSPS) is 10.7. The molecule has 2 aromatic rings. The van der Waals surface area contributed by atoms with Crippen LogP contribution in [0.1, 0.15) is 5.69 Å². The molecule has 3 heteroatoms. The highest BCUT2D eigenvalue weighted by Gasteiger charge is 2.05. The van der Waals surface area contributed by atoms with Crippen molar-refractivity contribution in [3.05, 3.63) is 35.9 Å². The molecule has 2 nitrogen and oxygen atoms in total. The molecular weight excluding hydrogens is 143 g/mol. The summed E-state index contributed by atoms with van der Waals surface area (Å²) in [6.07, 6.45) is 1.73. The summed E-state index contributed by atoms with van der Waals surface area (Å²) in [6.45, 7) is 1.66. The van der Waals surface area contributed by atoms with E-state index >= 15 is 0 Å². The Morgan fingerprint density at radius 2 is 2.27 bits per heavy atom. The first kappa shape index (κ1) is 6.34. The molecule has 0 aliphatic carbocycles. The van der Waals surface area contributed by atoms with E-state index in [-0.39, 0.29) is 5.82 Å². The number of nitrogens with zero attached hydrogens (tertiary/aromatic N) is 2. The summed E-state index contributed by atoms with van der Waals surface area (Å²) in [4.78, 5) is 0. The van der Waals surface area contributed by atoms with Crippen molar-refractivity contribution < 1.29 is 4.39 Å². The monoisotopic (exact) mass is 150 g/mol. The predicted molar refractivity (Wildman–Crippen MR) is 39.9 cm³/mol. The molecule has 0 N–H and O–H groups in total. The van der Waals surface area contributed by atoms with Gasteiger partial charge in [0.25, 0.3) is 0 Å². The van der Waals surface area contributed by atoms with Gasteiger partial charge in [0.05, 0.1) is 5.69 Å². The molecule has 0 amide bonds. The number of fused-ring (bicyclic) bond motifs is 1. The van der Waals surface area contributed by atoms with Crippen molar-refractivity contribution in [3.63, 3.8) is 0 Å². The number of hydrogen-bond acceptors (Lipinski definition) is 1. The molecular formula is C8H7FN2. The maximum atomic E-state index is 13.1. The fourth-order valence-corrected chi connectivity index (χ4v) is 1.09. The molecule has 2 heterocycles. The Morgan fingerprint density at radius 1 is 1.45 bits per heavy atom. The van der Waals surface area contributed by atoms with Gasteiger partial charge in [0.2, 0.25) is 0 Å². The van der Waals surface area contributed by atoms with Crippen LogP contribution in [0.5, 0.6) is 0 Å². The van der Waals surface area contributed by atoms with Gasteiger partial charge in [0.1, 0.15) is 5.52 Å². The minimum atomic E-state index is -0.231. The second-order valence-electron chi connectivity index (χ2n) is 2.43. The molecule has 0 spiro atoms. The SMILES string of the molecule is Cc1nn2ccccc2c1F. The molecule has 0 unspecified atom stereocenters. The topological polar surface area (TPSA) is 17.3 Å². The van der Waals surface area contributed by atoms with Crippen molar-refractivity contribution in [3.8, 4) is 0 Å². The maximum Gasteiger partial charge on any atom is 0.171 e. The van der Waals surface area contributed by atoms with Crippen LogP contribution in [-0.4, -0.2) is 9.61 Å². The third-order valence-corrected chi connectivity index (χ3v) is 1.64. The number of rotatable bonds is 0. The number of hydrogen-bond donors (Lipinski definition) is 0. The van der Waals surface area contributed by atoms with Crippen molar-refractivity contribution in [1.82, 2.24) is 9.61 Å². The van der Waals surface area contributed by atoms with E-state index in [2.05, 4.69) is 5.10 Å². The van der Waals surface area contributed by atoms with E-state index in [0.29, 0.717) is 11.2 Å². The molecule has 0 saturated carbocycles. The standard InChI is InChI=1S/C8H7FN2/c1-6-8(9)7-4-2-3-5-11(7)10-6/h2-5H,1H3. The van der Waals surface area contributed by atoms with Gasteiger partial charge < -0.3 is 0 Å². The Hall–Kier alpha value is -1.38. The number of aryl methyl sites for hydroxylation is 1. The minimum Gasteiger partial charge on any atom is -0.238 e. The van der Waals surface area contributed by atoms with Gasteiger partial charge in [-0.3, -0.25) is 0 Å². The van der Waals surface area contributed by atoms with Crippen molar-refractivity contribution in [2.24, 2.45) is 0 Å². The molecule has 2 aromatic heterocycles. The molecule has 0 fully saturated rings. The zero-order chi connectivity index (χ0) is 7.84. The summed E-state index contributed by atoms with van der Waals surface area (Å²) in [5, 5.41) is 3.95. The lowest BCUT2D eigenvalue weighted by Gasteiger charge is -1.87. The summed E-state index contributed by atoms with van der Waals surface area (Å²) >= 11 is 0. The molecule has 0 saturated heterocycles. The average Bonchev–Trinajstić information content (AvgIpc) is 2.30. The highest BCUT2D eigenvalue weighted by atomic mass is 19.1. The van der Waals surface area contributed by atoms with Gasteiger partial charge in [-0.05, 0) is 19.1 Å². The highest BCUT2D eigenvalue weighted by molar-refractivity contribution is 5.48. The summed E-state index contributed by atoms with van der Waals surface area (Å²) < 4.78 is 14.6. The summed E-state index contributed by atoms with van der Waals surface area (Å²) in [6, 6.07) is 5.31. The smallest absolute Gasteiger partial charge is 0.171 e. The lowest BCUT2D eigenvalue weighted by molar-refractivity contribution is 0.629. The average molecular weight is 150 g/mol. The van der Waals surface area contributed by atoms with Gasteiger partial charge in [-0.1, -0.05) is 6.07 Å². The Bertz CT molecular complexity index is 392. The van der Waals surface area contributed by atoms with Gasteiger partial charge in [-0.25, -0.2) is 8.91 Å². The number of halogens is 1. The largest absolute Gasteiger partial charge is 0.238 e. The van der Waals surface area contributed by atoms with Crippen LogP contribution in [-0.2, 0) is 0 Å². The first-order valence-electron chi connectivity index (χ1n) is 3.38. The van der Waals surface area contributed by atoms with Crippen LogP contribution >= 0.6 is 0 Å². The minimum absolute atomic E-state index is 0.231. The first-order valence-corrected chi connectivity index (χ1v) is 3.38. The van der Waals surface area contributed by atoms with Crippen LogP contribution in [0.15, 0.2) is 24.4 Å². The van der Waals surface area contributed by atoms with Gasteiger partial charge in [0, 0.05) is 6.20 Å². The third kappa shape index (κ3) is 0.808. The fourth-order valence-electron chi connectivity index (χ4n) is 1.09. The van der Waals surface area contributed by atoms with Crippen LogP contribution < -0.4 is 0 Å². The molecule has 2 rings (SSSR count). The van der Waals surface area contributed by atoms with E-state index in [0.717, 1.165) is 0 Å².